The van der Waals surface area contributed by atoms with Crippen LogP contribution in [-0.4, -0.2) is 128 Å². The molecule has 0 aromatic rings. The van der Waals surface area contributed by atoms with Gasteiger partial charge in [-0.25, -0.2) is 4.18 Å². The second-order valence-electron chi connectivity index (χ2n) is 6.27. The lowest BCUT2D eigenvalue weighted by Gasteiger charge is -2.54. The first-order valence-electron chi connectivity index (χ1n) is 7.69. The summed E-state index contributed by atoms with van der Waals surface area (Å²) in [6.45, 7) is -1.99. The van der Waals surface area contributed by atoms with Gasteiger partial charge in [0.2, 0.25) is 6.29 Å². The summed E-state index contributed by atoms with van der Waals surface area (Å²) in [5, 5.41) is 79.6. The van der Waals surface area contributed by atoms with Crippen molar-refractivity contribution in [2.24, 2.45) is 0 Å². The van der Waals surface area contributed by atoms with Crippen LogP contribution >= 0.6 is 0 Å². The molecule has 0 spiro atoms. The standard InChI is InChI=1S/C12H22O14S/c13-1-3-5(15)6(16)7(17)10(24-3)12(20)4(2-14)25-11(8(18)9(12)19)26-27(21,22)23/h3-11,13-20H,1-2H2,(H,21,22,23)/t3-,4-,5-,6+,7-,8-,9-,10-,11+,12-/m1/s1. The normalized spacial score (nSPS) is 49.1. The van der Waals surface area contributed by atoms with Crippen LogP contribution in [0.1, 0.15) is 0 Å². The molecule has 2 aliphatic rings. The highest BCUT2D eigenvalue weighted by Gasteiger charge is 2.64. The largest absolute Gasteiger partial charge is 0.399 e. The molecule has 0 aliphatic carbocycles. The quantitative estimate of drug-likeness (QED) is 0.187. The molecule has 0 amide bonds. The molecule has 15 heteroatoms. The second kappa shape index (κ2) is 8.07. The fourth-order valence-electron chi connectivity index (χ4n) is 3.19. The first kappa shape index (κ1) is 22.8. The third-order valence-electron chi connectivity index (χ3n) is 4.62. The van der Waals surface area contributed by atoms with E-state index in [9.17, 15) is 49.3 Å². The lowest BCUT2D eigenvalue weighted by Crippen LogP contribution is -2.77. The Bertz CT molecular complexity index is 607. The maximum atomic E-state index is 10.9. The van der Waals surface area contributed by atoms with Crippen molar-refractivity contribution in [2.45, 2.75) is 60.7 Å². The SMILES string of the molecule is O=S(=O)(O)O[C@@H]1O[C@H](CO)[C@](O)([C@@H]2O[C@H](CO)[C@@H](O)[C@H](O)[C@H]2O)[C@H](O)[C@H]1O. The molecular weight excluding hydrogens is 400 g/mol. The minimum atomic E-state index is -5.16. The van der Waals surface area contributed by atoms with E-state index in [0.717, 1.165) is 0 Å². The molecule has 0 aromatic heterocycles. The summed E-state index contributed by atoms with van der Waals surface area (Å²) in [6, 6.07) is 0. The summed E-state index contributed by atoms with van der Waals surface area (Å²) in [5.41, 5.74) is -2.86. The summed E-state index contributed by atoms with van der Waals surface area (Å²) in [5.74, 6) is 0. The highest BCUT2D eigenvalue weighted by Crippen LogP contribution is 2.39. The van der Waals surface area contributed by atoms with Gasteiger partial charge in [-0.2, -0.15) is 8.42 Å². The van der Waals surface area contributed by atoms with Crippen LogP contribution in [0, 0.1) is 0 Å². The number of rotatable bonds is 5. The number of hydrogen-bond acceptors (Lipinski definition) is 13. The average molecular weight is 422 g/mol. The molecule has 0 radical (unpaired) electrons. The van der Waals surface area contributed by atoms with Crippen LogP contribution in [0.25, 0.3) is 0 Å². The van der Waals surface area contributed by atoms with Crippen LogP contribution in [0.3, 0.4) is 0 Å². The highest BCUT2D eigenvalue weighted by atomic mass is 32.3. The lowest BCUT2D eigenvalue weighted by atomic mass is 9.75. The van der Waals surface area contributed by atoms with Crippen molar-refractivity contribution in [3.05, 3.63) is 0 Å². The van der Waals surface area contributed by atoms with E-state index in [0.29, 0.717) is 0 Å². The van der Waals surface area contributed by atoms with Crippen molar-refractivity contribution in [1.82, 2.24) is 0 Å². The molecule has 160 valence electrons. The molecule has 2 heterocycles. The topological polar surface area (TPSA) is 244 Å². The Morgan fingerprint density at radius 3 is 1.96 bits per heavy atom. The van der Waals surface area contributed by atoms with Gasteiger partial charge in [-0.05, 0) is 0 Å². The van der Waals surface area contributed by atoms with Crippen molar-refractivity contribution in [3.63, 3.8) is 0 Å². The van der Waals surface area contributed by atoms with Crippen LogP contribution in [0.5, 0.6) is 0 Å². The Morgan fingerprint density at radius 2 is 1.48 bits per heavy atom. The summed E-state index contributed by atoms with van der Waals surface area (Å²) in [6.07, 6.45) is -18.2. The first-order valence-corrected chi connectivity index (χ1v) is 9.06. The van der Waals surface area contributed by atoms with Gasteiger partial charge in [0.15, 0.2) is 5.60 Å². The molecule has 0 unspecified atom stereocenters. The Balaban J connectivity index is 2.38. The number of ether oxygens (including phenoxy) is 2. The van der Waals surface area contributed by atoms with E-state index in [4.69, 9.17) is 14.0 Å². The molecule has 0 aromatic carbocycles. The number of aliphatic hydroxyl groups is 8. The Kier molecular flexibility index (Phi) is 6.80. The molecule has 2 saturated heterocycles. The monoisotopic (exact) mass is 422 g/mol. The van der Waals surface area contributed by atoms with Crippen molar-refractivity contribution in [3.8, 4) is 0 Å². The van der Waals surface area contributed by atoms with E-state index in [1.165, 1.54) is 0 Å². The third kappa shape index (κ3) is 4.10. The predicted octanol–water partition coefficient (Wildman–Crippen LogP) is -6.18. The average Bonchev–Trinajstić information content (AvgIpc) is 2.59. The molecule has 9 N–H and O–H groups in total. The van der Waals surface area contributed by atoms with Gasteiger partial charge in [0.25, 0.3) is 0 Å². The smallest absolute Gasteiger partial charge is 0.394 e. The maximum absolute atomic E-state index is 10.9. The summed E-state index contributed by atoms with van der Waals surface area (Å²) in [4.78, 5) is 0. The Hall–Kier alpha value is -0.530. The lowest BCUT2D eigenvalue weighted by molar-refractivity contribution is -0.363. The zero-order valence-corrected chi connectivity index (χ0v) is 14.4. The van der Waals surface area contributed by atoms with Gasteiger partial charge in [-0.1, -0.05) is 0 Å². The van der Waals surface area contributed by atoms with Gasteiger partial charge in [-0.3, -0.25) is 4.55 Å². The first-order chi connectivity index (χ1) is 12.4. The van der Waals surface area contributed by atoms with Crippen LogP contribution in [0.4, 0.5) is 0 Å². The molecule has 0 bridgehead atoms. The van der Waals surface area contributed by atoms with Crippen LogP contribution in [-0.2, 0) is 24.1 Å². The van der Waals surface area contributed by atoms with Crippen LogP contribution < -0.4 is 0 Å². The Morgan fingerprint density at radius 1 is 0.889 bits per heavy atom. The van der Waals surface area contributed by atoms with Crippen molar-refractivity contribution in [1.29, 1.82) is 0 Å². The van der Waals surface area contributed by atoms with Crippen molar-refractivity contribution >= 4 is 10.4 Å². The molecule has 14 nitrogen and oxygen atoms in total. The second-order valence-corrected chi connectivity index (χ2v) is 7.32. The molecule has 10 atom stereocenters. The minimum absolute atomic E-state index is 0.866. The zero-order chi connectivity index (χ0) is 20.7. The minimum Gasteiger partial charge on any atom is -0.394 e. The summed E-state index contributed by atoms with van der Waals surface area (Å²) < 4.78 is 44.3. The fourth-order valence-corrected chi connectivity index (χ4v) is 3.59. The van der Waals surface area contributed by atoms with E-state index in [-0.39, 0.29) is 0 Å². The van der Waals surface area contributed by atoms with Gasteiger partial charge in [0.1, 0.15) is 48.8 Å². The van der Waals surface area contributed by atoms with Gasteiger partial charge in [0, 0.05) is 0 Å². The van der Waals surface area contributed by atoms with Crippen molar-refractivity contribution < 1.29 is 67.5 Å². The molecule has 2 aliphatic heterocycles. The van der Waals surface area contributed by atoms with Crippen molar-refractivity contribution in [2.75, 3.05) is 13.2 Å². The Labute approximate surface area is 152 Å². The third-order valence-corrected chi connectivity index (χ3v) is 5.05. The predicted molar refractivity (Wildman–Crippen MR) is 79.1 cm³/mol. The summed E-state index contributed by atoms with van der Waals surface area (Å²) >= 11 is 0. The number of hydrogen-bond donors (Lipinski definition) is 9. The summed E-state index contributed by atoms with van der Waals surface area (Å²) in [7, 11) is -5.16. The highest BCUT2D eigenvalue weighted by molar-refractivity contribution is 7.80. The molecule has 0 saturated carbocycles. The fraction of sp³-hybridized carbons (Fsp3) is 1.00. The molecule has 2 rings (SSSR count). The van der Waals surface area contributed by atoms with Gasteiger partial charge in [0.05, 0.1) is 13.2 Å². The van der Waals surface area contributed by atoms with E-state index in [1.807, 2.05) is 0 Å². The van der Waals surface area contributed by atoms with Crippen LogP contribution in [0.15, 0.2) is 0 Å². The van der Waals surface area contributed by atoms with E-state index in [2.05, 4.69) is 4.18 Å². The molecule has 2 fully saturated rings. The number of aliphatic hydroxyl groups excluding tert-OH is 7. The van der Waals surface area contributed by atoms with Crippen LogP contribution in [0.2, 0.25) is 0 Å². The maximum Gasteiger partial charge on any atom is 0.399 e. The van der Waals surface area contributed by atoms with Gasteiger partial charge in [-0.15, -0.1) is 0 Å². The van der Waals surface area contributed by atoms with Gasteiger partial charge < -0.3 is 50.3 Å². The van der Waals surface area contributed by atoms with E-state index in [1.54, 1.807) is 0 Å². The molecular formula is C12H22O14S. The van der Waals surface area contributed by atoms with Gasteiger partial charge >= 0.3 is 10.4 Å². The van der Waals surface area contributed by atoms with E-state index >= 15 is 0 Å². The zero-order valence-electron chi connectivity index (χ0n) is 13.6. The van der Waals surface area contributed by atoms with E-state index < -0.39 is 84.3 Å². The molecule has 27 heavy (non-hydrogen) atoms.